The monoisotopic (exact) mass is 472 g/mol. The van der Waals surface area contributed by atoms with Gasteiger partial charge in [-0.25, -0.2) is 4.79 Å². The molecule has 2 saturated heterocycles. The van der Waals surface area contributed by atoms with Crippen molar-refractivity contribution in [3.05, 3.63) is 57.7 Å². The van der Waals surface area contributed by atoms with E-state index in [1.54, 1.807) is 43.4 Å². The summed E-state index contributed by atoms with van der Waals surface area (Å²) in [4.78, 5) is 12.6. The maximum absolute atomic E-state index is 12.6. The van der Waals surface area contributed by atoms with Crippen molar-refractivity contribution < 1.29 is 28.8 Å². The summed E-state index contributed by atoms with van der Waals surface area (Å²) in [5, 5.41) is 21.9. The van der Waals surface area contributed by atoms with Gasteiger partial charge in [-0.15, -0.1) is 0 Å². The molecule has 186 valence electrons. The Hall–Kier alpha value is -2.19. The molecule has 4 rings (SSSR count). The smallest absolute Gasteiger partial charge is 0.343 e. The second-order valence-corrected chi connectivity index (χ2v) is 10.5. The Labute approximate surface area is 200 Å². The minimum atomic E-state index is -1.19. The average Bonchev–Trinajstić information content (AvgIpc) is 3.25. The van der Waals surface area contributed by atoms with Crippen molar-refractivity contribution in [2.45, 2.75) is 96.6 Å². The summed E-state index contributed by atoms with van der Waals surface area (Å²) in [5.74, 6) is 1.08. The highest BCUT2D eigenvalue weighted by Gasteiger charge is 2.69. The molecule has 0 aromatic carbocycles. The van der Waals surface area contributed by atoms with Crippen LogP contribution in [0.25, 0.3) is 6.08 Å². The largest absolute Gasteiger partial charge is 0.489 e. The number of ether oxygens (including phenoxy) is 3. The van der Waals surface area contributed by atoms with Crippen molar-refractivity contribution >= 4 is 6.08 Å². The Morgan fingerprint density at radius 3 is 2.38 bits per heavy atom. The van der Waals surface area contributed by atoms with Crippen LogP contribution >= 0.6 is 0 Å². The molecule has 3 aliphatic rings. The lowest BCUT2D eigenvalue weighted by molar-refractivity contribution is -0.144. The number of fused-ring (bicyclic) bond motifs is 2. The normalized spacial score (nSPS) is 38.8. The van der Waals surface area contributed by atoms with Gasteiger partial charge in [0.1, 0.15) is 29.3 Å². The lowest BCUT2D eigenvalue weighted by atomic mass is 9.69. The summed E-state index contributed by atoms with van der Waals surface area (Å²) in [6, 6.07) is 0. The summed E-state index contributed by atoms with van der Waals surface area (Å²) < 4.78 is 23.3. The molecule has 1 aromatic heterocycles. The van der Waals surface area contributed by atoms with E-state index in [1.807, 2.05) is 41.5 Å². The van der Waals surface area contributed by atoms with Crippen LogP contribution in [0.4, 0.5) is 0 Å². The third-order valence-corrected chi connectivity index (χ3v) is 8.25. The Kier molecular flexibility index (Phi) is 6.22. The van der Waals surface area contributed by atoms with Gasteiger partial charge in [-0.2, -0.15) is 0 Å². The number of hydrogen-bond donors (Lipinski definition) is 2. The Bertz CT molecular complexity index is 1090. The summed E-state index contributed by atoms with van der Waals surface area (Å²) in [6.45, 7) is 13.3. The second-order valence-electron chi connectivity index (χ2n) is 10.5. The molecule has 4 heterocycles. The van der Waals surface area contributed by atoms with Gasteiger partial charge in [-0.1, -0.05) is 51.2 Å². The van der Waals surface area contributed by atoms with Crippen molar-refractivity contribution in [3.8, 4) is 5.75 Å². The summed E-state index contributed by atoms with van der Waals surface area (Å²) in [5.41, 5.74) is -1.48. The topological polar surface area (TPSA) is 98.4 Å². The first-order chi connectivity index (χ1) is 15.9. The van der Waals surface area contributed by atoms with Crippen molar-refractivity contribution in [1.29, 1.82) is 0 Å². The van der Waals surface area contributed by atoms with Crippen LogP contribution in [0, 0.1) is 12.3 Å². The number of aliphatic hydroxyl groups is 2. The van der Waals surface area contributed by atoms with Gasteiger partial charge in [0, 0.05) is 11.0 Å². The van der Waals surface area contributed by atoms with Crippen LogP contribution in [0.1, 0.15) is 64.9 Å². The predicted octanol–water partition coefficient (Wildman–Crippen LogP) is 3.78. The molecule has 3 aliphatic heterocycles. The van der Waals surface area contributed by atoms with Gasteiger partial charge in [-0.3, -0.25) is 0 Å². The van der Waals surface area contributed by atoms with Crippen molar-refractivity contribution in [3.63, 3.8) is 0 Å². The van der Waals surface area contributed by atoms with E-state index in [1.165, 1.54) is 0 Å². The molecule has 2 N–H and O–H groups in total. The molecule has 34 heavy (non-hydrogen) atoms. The van der Waals surface area contributed by atoms with Crippen LogP contribution < -0.4 is 10.4 Å². The Balaban J connectivity index is 1.43. The van der Waals surface area contributed by atoms with Gasteiger partial charge >= 0.3 is 5.63 Å². The SMILES string of the molecule is CCC1OC2OC(C=CC=CC=Cc3oc(=O)c4c(c3C)OC(C)C4(C)C)C(O)C2(C)C1(C)O. The summed E-state index contributed by atoms with van der Waals surface area (Å²) in [7, 11) is 0. The second kappa shape index (κ2) is 8.48. The van der Waals surface area contributed by atoms with Crippen molar-refractivity contribution in [2.75, 3.05) is 0 Å². The predicted molar refractivity (Wildman–Crippen MR) is 129 cm³/mol. The van der Waals surface area contributed by atoms with Crippen LogP contribution in [0.15, 0.2) is 39.6 Å². The molecular formula is C27H36O7. The Morgan fingerprint density at radius 2 is 1.74 bits per heavy atom. The van der Waals surface area contributed by atoms with E-state index in [-0.39, 0.29) is 17.8 Å². The molecular weight excluding hydrogens is 436 g/mol. The Morgan fingerprint density at radius 1 is 1.06 bits per heavy atom. The molecule has 7 heteroatoms. The third kappa shape index (κ3) is 3.52. The zero-order valence-electron chi connectivity index (χ0n) is 21.0. The quantitative estimate of drug-likeness (QED) is 0.629. The van der Waals surface area contributed by atoms with Gasteiger partial charge in [-0.05, 0) is 40.2 Å². The fourth-order valence-corrected chi connectivity index (χ4v) is 5.28. The number of allylic oxidation sites excluding steroid dienone is 4. The number of hydrogen-bond acceptors (Lipinski definition) is 7. The molecule has 0 saturated carbocycles. The minimum absolute atomic E-state index is 0.106. The van der Waals surface area contributed by atoms with Crippen LogP contribution in [0.2, 0.25) is 0 Å². The molecule has 0 spiro atoms. The van der Waals surface area contributed by atoms with Gasteiger partial charge in [0.15, 0.2) is 6.29 Å². The molecule has 0 aliphatic carbocycles. The van der Waals surface area contributed by atoms with Crippen LogP contribution in [-0.4, -0.2) is 46.5 Å². The van der Waals surface area contributed by atoms with E-state index in [4.69, 9.17) is 18.6 Å². The molecule has 0 amide bonds. The van der Waals surface area contributed by atoms with Gasteiger partial charge in [0.05, 0.1) is 23.2 Å². The van der Waals surface area contributed by atoms with E-state index in [0.29, 0.717) is 23.5 Å². The van der Waals surface area contributed by atoms with Gasteiger partial charge < -0.3 is 28.8 Å². The summed E-state index contributed by atoms with van der Waals surface area (Å²) >= 11 is 0. The lowest BCUT2D eigenvalue weighted by Gasteiger charge is -2.38. The fourth-order valence-electron chi connectivity index (χ4n) is 5.28. The molecule has 7 unspecified atom stereocenters. The zero-order valence-corrected chi connectivity index (χ0v) is 21.0. The van der Waals surface area contributed by atoms with E-state index in [0.717, 1.165) is 5.56 Å². The molecule has 0 radical (unpaired) electrons. The van der Waals surface area contributed by atoms with Crippen LogP contribution in [0.3, 0.4) is 0 Å². The van der Waals surface area contributed by atoms with Gasteiger partial charge in [0.2, 0.25) is 0 Å². The molecule has 2 fully saturated rings. The van der Waals surface area contributed by atoms with Crippen molar-refractivity contribution in [1.82, 2.24) is 0 Å². The molecule has 7 atom stereocenters. The van der Waals surface area contributed by atoms with E-state index in [9.17, 15) is 15.0 Å². The highest BCUT2D eigenvalue weighted by molar-refractivity contribution is 5.57. The minimum Gasteiger partial charge on any atom is -0.489 e. The lowest BCUT2D eigenvalue weighted by Crippen LogP contribution is -2.54. The maximum atomic E-state index is 12.6. The number of aliphatic hydroxyl groups excluding tert-OH is 1. The number of rotatable bonds is 5. The first kappa shape index (κ1) is 24.9. The standard InChI is InChI=1S/C27H36O7/c1-8-19-27(7,30)26(6)22(28)18(33-24(26)34-19)14-12-10-9-11-13-17-15(2)21-20(23(29)32-17)25(4,5)16(3)31-21/h9-14,16,18-19,22,24,28,30H,8H2,1-7H3. The zero-order chi connectivity index (χ0) is 25.1. The average molecular weight is 473 g/mol. The van der Waals surface area contributed by atoms with E-state index in [2.05, 4.69) is 0 Å². The maximum Gasteiger partial charge on any atom is 0.343 e. The highest BCUT2D eigenvalue weighted by Crippen LogP contribution is 2.55. The van der Waals surface area contributed by atoms with Crippen molar-refractivity contribution in [2.24, 2.45) is 5.41 Å². The third-order valence-electron chi connectivity index (χ3n) is 8.25. The first-order valence-corrected chi connectivity index (χ1v) is 11.9. The fraction of sp³-hybridized carbons (Fsp3) is 0.593. The van der Waals surface area contributed by atoms with Crippen LogP contribution in [-0.2, 0) is 14.9 Å². The molecule has 0 bridgehead atoms. The van der Waals surface area contributed by atoms with Gasteiger partial charge in [0.25, 0.3) is 0 Å². The van der Waals surface area contributed by atoms with E-state index >= 15 is 0 Å². The highest BCUT2D eigenvalue weighted by atomic mass is 16.7. The summed E-state index contributed by atoms with van der Waals surface area (Å²) in [6.07, 6.45) is 8.59. The van der Waals surface area contributed by atoms with Crippen LogP contribution in [0.5, 0.6) is 5.75 Å². The molecule has 7 nitrogen and oxygen atoms in total. The van der Waals surface area contributed by atoms with E-state index < -0.39 is 34.9 Å². The molecule has 1 aromatic rings. The first-order valence-electron chi connectivity index (χ1n) is 11.9.